The Bertz CT molecular complexity index is 172. The van der Waals surface area contributed by atoms with Crippen LogP contribution < -0.4 is 0 Å². The minimum absolute atomic E-state index is 0.380. The smallest absolute Gasteiger partial charge is 0.330 e. The summed E-state index contributed by atoms with van der Waals surface area (Å²) in [6, 6.07) is 0. The van der Waals surface area contributed by atoms with Crippen LogP contribution in [0.5, 0.6) is 0 Å². The van der Waals surface area contributed by atoms with Gasteiger partial charge in [0.05, 0.1) is 0 Å². The lowest BCUT2D eigenvalue weighted by molar-refractivity contribution is -0.122. The molecule has 0 bridgehead atoms. The summed E-state index contributed by atoms with van der Waals surface area (Å²) in [6.07, 6.45) is 1.47. The first-order valence-corrected chi connectivity index (χ1v) is 7.48. The molecule has 0 aromatic rings. The van der Waals surface area contributed by atoms with Crippen LogP contribution in [0.1, 0.15) is 40.5 Å². The zero-order valence-electron chi connectivity index (χ0n) is 10.7. The van der Waals surface area contributed by atoms with E-state index >= 15 is 0 Å². The average Bonchev–Trinajstić information content (AvgIpc) is 2.17. The Morgan fingerprint density at radius 1 is 1.00 bits per heavy atom. The van der Waals surface area contributed by atoms with Crippen LogP contribution in [0.4, 0.5) is 0 Å². The third kappa shape index (κ3) is 16.5. The van der Waals surface area contributed by atoms with Crippen LogP contribution in [0, 0.1) is 0 Å². The molecule has 5 nitrogen and oxygen atoms in total. The zero-order valence-corrected chi connectivity index (χ0v) is 11.6. The second kappa shape index (κ2) is 11.6. The minimum Gasteiger partial charge on any atom is -0.352 e. The van der Waals surface area contributed by atoms with Crippen molar-refractivity contribution in [3.8, 4) is 0 Å². The molecule has 16 heavy (non-hydrogen) atoms. The molecule has 0 heterocycles. The van der Waals surface area contributed by atoms with Gasteiger partial charge in [-0.25, -0.2) is 0 Å². The van der Waals surface area contributed by atoms with Crippen molar-refractivity contribution >= 4 is 7.60 Å². The van der Waals surface area contributed by atoms with Crippen LogP contribution in [0.15, 0.2) is 0 Å². The Morgan fingerprint density at radius 3 is 1.56 bits per heavy atom. The first-order valence-electron chi connectivity index (χ1n) is 5.68. The van der Waals surface area contributed by atoms with Gasteiger partial charge in [-0.1, -0.05) is 26.7 Å². The molecule has 100 valence electrons. The number of rotatable bonds is 7. The summed E-state index contributed by atoms with van der Waals surface area (Å²) in [4.78, 5) is 17.2. The molecule has 0 atom stereocenters. The Hall–Kier alpha value is 0.0700. The van der Waals surface area contributed by atoms with Crippen molar-refractivity contribution in [2.24, 2.45) is 0 Å². The van der Waals surface area contributed by atoms with Gasteiger partial charge in [-0.3, -0.25) is 4.57 Å². The van der Waals surface area contributed by atoms with Gasteiger partial charge in [0, 0.05) is 13.2 Å². The lowest BCUT2D eigenvalue weighted by Crippen LogP contribution is -2.21. The molecule has 0 rings (SSSR count). The van der Waals surface area contributed by atoms with Crippen LogP contribution in [0.3, 0.4) is 0 Å². The molecule has 0 aliphatic rings. The summed E-state index contributed by atoms with van der Waals surface area (Å²) in [5.74, 6) is 0. The van der Waals surface area contributed by atoms with Crippen LogP contribution in [0.2, 0.25) is 0 Å². The number of ether oxygens (including phenoxy) is 2. The SMILES string of the molecule is CCCC.CCOC(CP(=O)(O)O)OCC. The molecular weight excluding hydrogens is 231 g/mol. The zero-order chi connectivity index (χ0) is 13.0. The lowest BCUT2D eigenvalue weighted by atomic mass is 10.4. The molecule has 0 spiro atoms. The van der Waals surface area contributed by atoms with E-state index < -0.39 is 13.9 Å². The molecule has 0 unspecified atom stereocenters. The normalized spacial score (nSPS) is 11.2. The number of hydrogen-bond acceptors (Lipinski definition) is 3. The highest BCUT2D eigenvalue weighted by molar-refractivity contribution is 7.51. The van der Waals surface area contributed by atoms with Crippen LogP contribution in [0.25, 0.3) is 0 Å². The summed E-state index contributed by atoms with van der Waals surface area (Å²) in [6.45, 7) is 8.60. The molecule has 0 aromatic heterocycles. The standard InChI is InChI=1S/C6H15O5P.C4H10/c1-3-10-6(11-4-2)5-12(7,8)9;1-3-4-2/h6H,3-5H2,1-2H3,(H2,7,8,9);3-4H2,1-2H3. The van der Waals surface area contributed by atoms with Crippen molar-refractivity contribution in [1.29, 1.82) is 0 Å². The van der Waals surface area contributed by atoms with E-state index in [0.717, 1.165) is 0 Å². The first-order chi connectivity index (χ1) is 7.41. The Kier molecular flexibility index (Phi) is 13.3. The highest BCUT2D eigenvalue weighted by atomic mass is 31.2. The topological polar surface area (TPSA) is 76.0 Å². The largest absolute Gasteiger partial charge is 0.352 e. The Balaban J connectivity index is 0. The second-order valence-electron chi connectivity index (χ2n) is 3.19. The maximum absolute atomic E-state index is 10.5. The predicted octanol–water partition coefficient (Wildman–Crippen LogP) is 2.37. The predicted molar refractivity (Wildman–Crippen MR) is 64.5 cm³/mol. The van der Waals surface area contributed by atoms with E-state index in [1.165, 1.54) is 12.8 Å². The second-order valence-corrected chi connectivity index (χ2v) is 4.88. The van der Waals surface area contributed by atoms with E-state index in [2.05, 4.69) is 13.8 Å². The van der Waals surface area contributed by atoms with Gasteiger partial charge < -0.3 is 19.3 Å². The van der Waals surface area contributed by atoms with E-state index in [1.54, 1.807) is 13.8 Å². The van der Waals surface area contributed by atoms with E-state index in [-0.39, 0.29) is 6.16 Å². The average molecular weight is 256 g/mol. The number of unbranched alkanes of at least 4 members (excludes halogenated alkanes) is 1. The molecule has 0 aliphatic carbocycles. The maximum Gasteiger partial charge on any atom is 0.330 e. The van der Waals surface area contributed by atoms with Crippen molar-refractivity contribution in [3.05, 3.63) is 0 Å². The minimum atomic E-state index is -4.03. The van der Waals surface area contributed by atoms with Gasteiger partial charge in [0.15, 0.2) is 6.29 Å². The van der Waals surface area contributed by atoms with Crippen LogP contribution in [-0.4, -0.2) is 35.5 Å². The summed E-state index contributed by atoms with van der Waals surface area (Å²) in [7, 11) is -4.03. The molecule has 6 heteroatoms. The van der Waals surface area contributed by atoms with Gasteiger partial charge in [0.1, 0.15) is 6.16 Å². The van der Waals surface area contributed by atoms with E-state index in [9.17, 15) is 4.57 Å². The van der Waals surface area contributed by atoms with E-state index in [4.69, 9.17) is 19.3 Å². The fourth-order valence-corrected chi connectivity index (χ4v) is 1.32. The summed E-state index contributed by atoms with van der Waals surface area (Å²) < 4.78 is 20.4. The maximum atomic E-state index is 10.5. The molecule has 2 N–H and O–H groups in total. The monoisotopic (exact) mass is 256 g/mol. The van der Waals surface area contributed by atoms with Crippen molar-refractivity contribution in [3.63, 3.8) is 0 Å². The van der Waals surface area contributed by atoms with Gasteiger partial charge in [-0.15, -0.1) is 0 Å². The molecule has 0 saturated carbocycles. The van der Waals surface area contributed by atoms with Crippen molar-refractivity contribution < 1.29 is 23.8 Å². The van der Waals surface area contributed by atoms with Crippen molar-refractivity contribution in [2.45, 2.75) is 46.8 Å². The molecule has 0 radical (unpaired) electrons. The first kappa shape index (κ1) is 18.4. The van der Waals surface area contributed by atoms with Gasteiger partial charge in [0.2, 0.25) is 0 Å². The fraction of sp³-hybridized carbons (Fsp3) is 1.00. The van der Waals surface area contributed by atoms with Gasteiger partial charge in [-0.2, -0.15) is 0 Å². The third-order valence-corrected chi connectivity index (χ3v) is 2.37. The van der Waals surface area contributed by atoms with Crippen LogP contribution in [-0.2, 0) is 14.0 Å². The van der Waals surface area contributed by atoms with Crippen molar-refractivity contribution in [1.82, 2.24) is 0 Å². The van der Waals surface area contributed by atoms with E-state index in [1.807, 2.05) is 0 Å². The Labute approximate surface area is 98.3 Å². The molecule has 0 saturated heterocycles. The lowest BCUT2D eigenvalue weighted by Gasteiger charge is -2.16. The summed E-state index contributed by atoms with van der Waals surface area (Å²) in [5.41, 5.74) is 0. The molecule has 0 fully saturated rings. The van der Waals surface area contributed by atoms with Gasteiger partial charge in [0.25, 0.3) is 0 Å². The van der Waals surface area contributed by atoms with Gasteiger partial charge >= 0.3 is 7.60 Å². The van der Waals surface area contributed by atoms with Gasteiger partial charge in [-0.05, 0) is 13.8 Å². The fourth-order valence-electron chi connectivity index (χ4n) is 0.719. The summed E-state index contributed by atoms with van der Waals surface area (Å²) >= 11 is 0. The molecular formula is C10H25O5P. The molecule has 0 aliphatic heterocycles. The Morgan fingerprint density at radius 2 is 1.38 bits per heavy atom. The number of hydrogen-bond donors (Lipinski definition) is 2. The van der Waals surface area contributed by atoms with E-state index in [0.29, 0.717) is 13.2 Å². The molecule has 0 amide bonds. The third-order valence-electron chi connectivity index (χ3n) is 1.59. The van der Waals surface area contributed by atoms with Crippen LogP contribution >= 0.6 is 7.60 Å². The van der Waals surface area contributed by atoms with Crippen molar-refractivity contribution in [2.75, 3.05) is 19.4 Å². The summed E-state index contributed by atoms with van der Waals surface area (Å²) in [5, 5.41) is 0. The highest BCUT2D eigenvalue weighted by Gasteiger charge is 2.21. The molecule has 0 aromatic carbocycles. The quantitative estimate of drug-likeness (QED) is 0.540. The highest BCUT2D eigenvalue weighted by Crippen LogP contribution is 2.35.